The van der Waals surface area contributed by atoms with Crippen molar-refractivity contribution < 1.29 is 4.74 Å². The van der Waals surface area contributed by atoms with Crippen molar-refractivity contribution in [1.82, 2.24) is 0 Å². The first-order valence-electron chi connectivity index (χ1n) is 16.4. The summed E-state index contributed by atoms with van der Waals surface area (Å²) in [5, 5.41) is 5.07. The lowest BCUT2D eigenvalue weighted by atomic mass is 9.62. The summed E-state index contributed by atoms with van der Waals surface area (Å²) in [6, 6.07) is 64.6. The summed E-state index contributed by atoms with van der Waals surface area (Å²) >= 11 is 1.90. The van der Waals surface area contributed by atoms with Crippen LogP contribution in [0.2, 0.25) is 0 Å². The van der Waals surface area contributed by atoms with Gasteiger partial charge in [0.25, 0.3) is 0 Å². The van der Waals surface area contributed by atoms with E-state index in [0.29, 0.717) is 0 Å². The van der Waals surface area contributed by atoms with Crippen LogP contribution in [0.1, 0.15) is 22.3 Å². The van der Waals surface area contributed by atoms with Crippen LogP contribution in [0.25, 0.3) is 43.8 Å². The van der Waals surface area contributed by atoms with Crippen molar-refractivity contribution in [3.63, 3.8) is 0 Å². The van der Waals surface area contributed by atoms with Crippen LogP contribution in [-0.2, 0) is 5.41 Å². The molecular weight excluding hydrogens is 601 g/mol. The minimum atomic E-state index is -0.578. The second kappa shape index (κ2) is 11.6. The Bertz CT molecular complexity index is 2340. The van der Waals surface area contributed by atoms with Crippen LogP contribution in [0.4, 0.5) is 0 Å². The SMILES string of the molecule is COc1ccc(-c2ccc(C3(c4ccc(-c5ccccc5)cc4)c4c(ccc5ccccc45)Sc4ccc5ccccc5c43)cc2)cc1. The fraction of sp³-hybridized carbons (Fsp3) is 0.0435. The van der Waals surface area contributed by atoms with Gasteiger partial charge in [-0.05, 0) is 90.3 Å². The van der Waals surface area contributed by atoms with Crippen molar-refractivity contribution in [3.8, 4) is 28.0 Å². The maximum atomic E-state index is 5.44. The third-order valence-electron chi connectivity index (χ3n) is 9.92. The van der Waals surface area contributed by atoms with Gasteiger partial charge in [0.15, 0.2) is 0 Å². The fourth-order valence-electron chi connectivity index (χ4n) is 7.67. The normalized spacial score (nSPS) is 13.2. The zero-order valence-electron chi connectivity index (χ0n) is 26.6. The summed E-state index contributed by atoms with van der Waals surface area (Å²) in [5.74, 6) is 0.861. The molecule has 0 N–H and O–H groups in total. The molecule has 0 saturated carbocycles. The molecule has 0 unspecified atom stereocenters. The number of hydrogen-bond donors (Lipinski definition) is 0. The van der Waals surface area contributed by atoms with Crippen molar-refractivity contribution in [3.05, 3.63) is 198 Å². The highest BCUT2D eigenvalue weighted by Crippen LogP contribution is 2.59. The molecule has 1 aliphatic rings. The number of hydrogen-bond acceptors (Lipinski definition) is 2. The molecule has 0 saturated heterocycles. The van der Waals surface area contributed by atoms with Gasteiger partial charge in [0, 0.05) is 9.79 Å². The standard InChI is InChI=1S/C46H32OS/c1-47-39-27-19-34(20-28-39)33-17-25-38(26-18-33)46(37-23-15-32(16-24-37)31-9-3-2-4-10-31)44-40-13-7-5-11-35(40)21-29-42(44)48-43-30-22-36-12-6-8-14-41(36)45(43)46/h2-30H,1H3. The first kappa shape index (κ1) is 28.6. The molecule has 2 heteroatoms. The molecule has 0 aliphatic carbocycles. The highest BCUT2D eigenvalue weighted by atomic mass is 32.2. The molecule has 8 aromatic carbocycles. The van der Waals surface area contributed by atoms with E-state index in [1.807, 2.05) is 23.9 Å². The number of benzene rings is 8. The smallest absolute Gasteiger partial charge is 0.118 e. The number of fused-ring (bicyclic) bond motifs is 6. The van der Waals surface area contributed by atoms with Crippen molar-refractivity contribution in [2.75, 3.05) is 7.11 Å². The van der Waals surface area contributed by atoms with Gasteiger partial charge in [-0.2, -0.15) is 0 Å². The van der Waals surface area contributed by atoms with E-state index in [4.69, 9.17) is 4.74 Å². The molecule has 9 rings (SSSR count). The third-order valence-corrected chi connectivity index (χ3v) is 11.0. The minimum Gasteiger partial charge on any atom is -0.497 e. The molecule has 0 radical (unpaired) electrons. The monoisotopic (exact) mass is 632 g/mol. The Kier molecular flexibility index (Phi) is 6.92. The van der Waals surface area contributed by atoms with Crippen LogP contribution >= 0.6 is 11.8 Å². The van der Waals surface area contributed by atoms with Crippen LogP contribution in [0.15, 0.2) is 186 Å². The van der Waals surface area contributed by atoms with E-state index in [1.54, 1.807) is 7.11 Å². The number of methoxy groups -OCH3 is 1. The number of rotatable bonds is 5. The van der Waals surface area contributed by atoms with Gasteiger partial charge < -0.3 is 4.74 Å². The quantitative estimate of drug-likeness (QED) is 0.187. The van der Waals surface area contributed by atoms with Crippen molar-refractivity contribution in [2.45, 2.75) is 15.2 Å². The average Bonchev–Trinajstić information content (AvgIpc) is 3.17. The average molecular weight is 633 g/mol. The highest BCUT2D eigenvalue weighted by molar-refractivity contribution is 7.99. The Balaban J connectivity index is 1.38. The van der Waals surface area contributed by atoms with Gasteiger partial charge >= 0.3 is 0 Å². The number of ether oxygens (including phenoxy) is 1. The lowest BCUT2D eigenvalue weighted by molar-refractivity contribution is 0.415. The van der Waals surface area contributed by atoms with Crippen LogP contribution in [-0.4, -0.2) is 7.11 Å². The van der Waals surface area contributed by atoms with E-state index in [0.717, 1.165) is 5.75 Å². The Hall–Kier alpha value is -5.57. The van der Waals surface area contributed by atoms with Crippen molar-refractivity contribution in [1.29, 1.82) is 0 Å². The van der Waals surface area contributed by atoms with Gasteiger partial charge in [-0.25, -0.2) is 0 Å². The molecule has 228 valence electrons. The topological polar surface area (TPSA) is 9.23 Å². The molecule has 0 amide bonds. The van der Waals surface area contributed by atoms with Crippen molar-refractivity contribution >= 4 is 33.3 Å². The largest absolute Gasteiger partial charge is 0.497 e. The van der Waals surface area contributed by atoms with E-state index < -0.39 is 5.41 Å². The fourth-order valence-corrected chi connectivity index (χ4v) is 8.91. The molecule has 48 heavy (non-hydrogen) atoms. The van der Waals surface area contributed by atoms with Crippen LogP contribution < -0.4 is 4.74 Å². The third kappa shape index (κ3) is 4.48. The maximum absolute atomic E-state index is 5.44. The molecule has 0 bridgehead atoms. The molecule has 0 fully saturated rings. The van der Waals surface area contributed by atoms with E-state index in [-0.39, 0.29) is 0 Å². The van der Waals surface area contributed by atoms with E-state index >= 15 is 0 Å². The molecule has 0 atom stereocenters. The minimum absolute atomic E-state index is 0.578. The van der Waals surface area contributed by atoms with Crippen molar-refractivity contribution in [2.24, 2.45) is 0 Å². The summed E-state index contributed by atoms with van der Waals surface area (Å²) in [6.07, 6.45) is 0. The second-order valence-corrected chi connectivity index (χ2v) is 13.5. The molecule has 1 aliphatic heterocycles. The van der Waals surface area contributed by atoms with Gasteiger partial charge in [0.05, 0.1) is 12.5 Å². The van der Waals surface area contributed by atoms with Gasteiger partial charge in [0.2, 0.25) is 0 Å². The Labute approximate surface area is 285 Å². The summed E-state index contributed by atoms with van der Waals surface area (Å²) in [5.41, 5.74) is 9.40. The van der Waals surface area contributed by atoms with Gasteiger partial charge in [-0.3, -0.25) is 0 Å². The summed E-state index contributed by atoms with van der Waals surface area (Å²) < 4.78 is 5.44. The predicted molar refractivity (Wildman–Crippen MR) is 201 cm³/mol. The van der Waals surface area contributed by atoms with Crippen LogP contribution in [0.3, 0.4) is 0 Å². The Morgan fingerprint density at radius 2 is 0.812 bits per heavy atom. The van der Waals surface area contributed by atoms with E-state index in [2.05, 4.69) is 164 Å². The maximum Gasteiger partial charge on any atom is 0.118 e. The zero-order chi connectivity index (χ0) is 32.1. The van der Waals surface area contributed by atoms with E-state index in [9.17, 15) is 0 Å². The molecule has 1 heterocycles. The van der Waals surface area contributed by atoms with Crippen LogP contribution in [0.5, 0.6) is 5.75 Å². The zero-order valence-corrected chi connectivity index (χ0v) is 27.4. The molecule has 8 aromatic rings. The van der Waals surface area contributed by atoms with E-state index in [1.165, 1.54) is 75.8 Å². The predicted octanol–water partition coefficient (Wildman–Crippen LogP) is 12.2. The Morgan fingerprint density at radius 3 is 1.29 bits per heavy atom. The molecule has 0 spiro atoms. The van der Waals surface area contributed by atoms with Gasteiger partial charge in [-0.15, -0.1) is 0 Å². The van der Waals surface area contributed by atoms with Gasteiger partial charge in [-0.1, -0.05) is 163 Å². The first-order valence-corrected chi connectivity index (χ1v) is 17.2. The molecular formula is C46H32OS. The molecule has 1 nitrogen and oxygen atoms in total. The summed E-state index contributed by atoms with van der Waals surface area (Å²) in [7, 11) is 1.71. The first-order chi connectivity index (χ1) is 23.7. The summed E-state index contributed by atoms with van der Waals surface area (Å²) in [6.45, 7) is 0. The van der Waals surface area contributed by atoms with Gasteiger partial charge in [0.1, 0.15) is 5.75 Å². The summed E-state index contributed by atoms with van der Waals surface area (Å²) in [4.78, 5) is 2.59. The Morgan fingerprint density at radius 1 is 0.396 bits per heavy atom. The highest BCUT2D eigenvalue weighted by Gasteiger charge is 2.46. The second-order valence-electron chi connectivity index (χ2n) is 12.4. The lowest BCUT2D eigenvalue weighted by Gasteiger charge is -2.43. The molecule has 0 aromatic heterocycles. The van der Waals surface area contributed by atoms with Crippen LogP contribution in [0, 0.1) is 0 Å². The lowest BCUT2D eigenvalue weighted by Crippen LogP contribution is -2.34.